The Morgan fingerprint density at radius 3 is 2.88 bits per heavy atom. The molecule has 0 spiro atoms. The van der Waals surface area contributed by atoms with Gasteiger partial charge in [-0.1, -0.05) is 0 Å². The predicted molar refractivity (Wildman–Crippen MR) is 96.0 cm³/mol. The minimum absolute atomic E-state index is 0.168. The van der Waals surface area contributed by atoms with Crippen molar-refractivity contribution in [2.24, 2.45) is 0 Å². The molecule has 4 rings (SSSR count). The second kappa shape index (κ2) is 6.37. The van der Waals surface area contributed by atoms with E-state index in [1.165, 1.54) is 10.4 Å². The fourth-order valence-electron chi connectivity index (χ4n) is 4.15. The van der Waals surface area contributed by atoms with E-state index in [2.05, 4.69) is 4.57 Å². The number of aliphatic hydroxyl groups excluding tert-OH is 1. The van der Waals surface area contributed by atoms with E-state index in [1.807, 2.05) is 36.4 Å². The van der Waals surface area contributed by atoms with E-state index < -0.39 is 0 Å². The van der Waals surface area contributed by atoms with Crippen LogP contribution in [0.15, 0.2) is 24.5 Å². The zero-order valence-corrected chi connectivity index (χ0v) is 14.9. The van der Waals surface area contributed by atoms with Crippen molar-refractivity contribution in [2.45, 2.75) is 57.6 Å². The number of carbonyl (C=O) groups is 1. The van der Waals surface area contributed by atoms with Crippen molar-refractivity contribution in [3.63, 3.8) is 0 Å². The van der Waals surface area contributed by atoms with Gasteiger partial charge in [-0.25, -0.2) is 0 Å². The van der Waals surface area contributed by atoms with Gasteiger partial charge in [-0.15, -0.1) is 11.3 Å². The molecular formula is C19H24N2O2S. The van der Waals surface area contributed by atoms with Crippen molar-refractivity contribution in [1.29, 1.82) is 0 Å². The molecule has 0 bridgehead atoms. The lowest BCUT2D eigenvalue weighted by molar-refractivity contribution is 0.0681. The summed E-state index contributed by atoms with van der Waals surface area (Å²) in [6, 6.07) is 4.18. The Morgan fingerprint density at radius 2 is 2.12 bits per heavy atom. The highest BCUT2D eigenvalue weighted by Crippen LogP contribution is 2.39. The summed E-state index contributed by atoms with van der Waals surface area (Å²) in [5.74, 6) is 0.168. The highest BCUT2D eigenvalue weighted by atomic mass is 32.1. The van der Waals surface area contributed by atoms with Crippen LogP contribution in [0.2, 0.25) is 0 Å². The molecule has 2 aliphatic rings. The van der Waals surface area contributed by atoms with Gasteiger partial charge >= 0.3 is 0 Å². The van der Waals surface area contributed by atoms with Crippen LogP contribution in [-0.4, -0.2) is 39.2 Å². The largest absolute Gasteiger partial charge is 0.393 e. The molecule has 0 radical (unpaired) electrons. The number of aryl methyl sites for hydroxylation is 1. The summed E-state index contributed by atoms with van der Waals surface area (Å²) in [7, 11) is 0. The van der Waals surface area contributed by atoms with E-state index in [0.717, 1.165) is 49.2 Å². The molecule has 2 atom stereocenters. The van der Waals surface area contributed by atoms with Crippen molar-refractivity contribution in [2.75, 3.05) is 6.54 Å². The third kappa shape index (κ3) is 2.70. The van der Waals surface area contributed by atoms with Crippen LogP contribution in [-0.2, 0) is 12.8 Å². The molecule has 1 fully saturated rings. The smallest absolute Gasteiger partial charge is 0.257 e. The first kappa shape index (κ1) is 15.9. The highest BCUT2D eigenvalue weighted by Gasteiger charge is 2.35. The molecular weight excluding hydrogens is 320 g/mol. The van der Waals surface area contributed by atoms with Crippen LogP contribution in [0.3, 0.4) is 0 Å². The Morgan fingerprint density at radius 1 is 1.33 bits per heavy atom. The molecule has 0 saturated carbocycles. The summed E-state index contributed by atoms with van der Waals surface area (Å²) in [6.07, 6.45) is 9.67. The van der Waals surface area contributed by atoms with E-state index in [9.17, 15) is 9.90 Å². The maximum absolute atomic E-state index is 13.4. The molecule has 2 aromatic heterocycles. The van der Waals surface area contributed by atoms with Gasteiger partial charge in [0.25, 0.3) is 5.91 Å². The van der Waals surface area contributed by atoms with Crippen LogP contribution >= 0.6 is 11.3 Å². The number of rotatable bonds is 4. The average Bonchev–Trinajstić information content (AvgIpc) is 3.29. The van der Waals surface area contributed by atoms with Gasteiger partial charge in [0.15, 0.2) is 0 Å². The zero-order valence-electron chi connectivity index (χ0n) is 14.1. The van der Waals surface area contributed by atoms with Crippen LogP contribution in [0, 0.1) is 0 Å². The van der Waals surface area contributed by atoms with Gasteiger partial charge in [0.05, 0.1) is 11.7 Å². The summed E-state index contributed by atoms with van der Waals surface area (Å²) >= 11 is 1.77. The molecule has 1 aliphatic carbocycles. The number of aromatic nitrogens is 1. The molecule has 3 heterocycles. The number of hydrogen-bond donors (Lipinski definition) is 1. The van der Waals surface area contributed by atoms with Gasteiger partial charge in [0.1, 0.15) is 5.00 Å². The molecule has 128 valence electrons. The van der Waals surface area contributed by atoms with Crippen LogP contribution in [0.5, 0.6) is 0 Å². The lowest BCUT2D eigenvalue weighted by atomic mass is 10.1. The first-order valence-corrected chi connectivity index (χ1v) is 9.73. The van der Waals surface area contributed by atoms with Crippen molar-refractivity contribution < 1.29 is 9.90 Å². The molecule has 4 nitrogen and oxygen atoms in total. The normalized spacial score (nSPS) is 21.2. The summed E-state index contributed by atoms with van der Waals surface area (Å²) in [5.41, 5.74) is 2.19. The van der Waals surface area contributed by atoms with E-state index in [-0.39, 0.29) is 18.1 Å². The van der Waals surface area contributed by atoms with Gasteiger partial charge in [-0.3, -0.25) is 4.79 Å². The zero-order chi connectivity index (χ0) is 16.7. The Labute approximate surface area is 146 Å². The molecule has 2 unspecified atom stereocenters. The van der Waals surface area contributed by atoms with Crippen molar-refractivity contribution in [3.05, 3.63) is 40.5 Å². The van der Waals surface area contributed by atoms with Gasteiger partial charge in [0.2, 0.25) is 0 Å². The number of nitrogens with zero attached hydrogens (tertiary/aromatic N) is 2. The maximum atomic E-state index is 13.4. The van der Waals surface area contributed by atoms with Crippen LogP contribution in [0.4, 0.5) is 0 Å². The van der Waals surface area contributed by atoms with E-state index in [0.29, 0.717) is 6.42 Å². The summed E-state index contributed by atoms with van der Waals surface area (Å²) in [4.78, 5) is 16.8. The monoisotopic (exact) mass is 344 g/mol. The number of hydrogen-bond acceptors (Lipinski definition) is 3. The minimum atomic E-state index is -0.361. The number of carbonyl (C=O) groups excluding carboxylic acids is 1. The Hall–Kier alpha value is -1.59. The van der Waals surface area contributed by atoms with Crippen molar-refractivity contribution in [1.82, 2.24) is 9.47 Å². The predicted octanol–water partition coefficient (Wildman–Crippen LogP) is 3.40. The van der Waals surface area contributed by atoms with E-state index in [1.54, 1.807) is 11.3 Å². The van der Waals surface area contributed by atoms with Crippen LogP contribution in [0.1, 0.15) is 53.4 Å². The summed E-state index contributed by atoms with van der Waals surface area (Å²) < 4.78 is 2.08. The standard InChI is InChI=1S/C19H24N2O2S/c1-13(22)12-14-6-5-11-21(14)18(23)17-15-7-4-8-16(15)24-19(17)20-9-2-3-10-20/h2-3,9-10,13-14,22H,4-8,11-12H2,1H3. The molecule has 1 N–H and O–H groups in total. The van der Waals surface area contributed by atoms with Gasteiger partial charge in [0, 0.05) is 29.9 Å². The number of fused-ring (bicyclic) bond motifs is 1. The van der Waals surface area contributed by atoms with E-state index >= 15 is 0 Å². The number of likely N-dealkylation sites (tertiary alicyclic amines) is 1. The Kier molecular flexibility index (Phi) is 4.22. The Bertz CT molecular complexity index is 733. The fourth-order valence-corrected chi connectivity index (χ4v) is 5.49. The van der Waals surface area contributed by atoms with Gasteiger partial charge < -0.3 is 14.6 Å². The Balaban J connectivity index is 1.72. The topological polar surface area (TPSA) is 45.5 Å². The average molecular weight is 344 g/mol. The van der Waals surface area contributed by atoms with Crippen molar-refractivity contribution >= 4 is 17.2 Å². The lowest BCUT2D eigenvalue weighted by Gasteiger charge is -2.26. The maximum Gasteiger partial charge on any atom is 0.257 e. The lowest BCUT2D eigenvalue weighted by Crippen LogP contribution is -2.37. The quantitative estimate of drug-likeness (QED) is 0.924. The molecule has 24 heavy (non-hydrogen) atoms. The van der Waals surface area contributed by atoms with E-state index in [4.69, 9.17) is 0 Å². The number of aliphatic hydroxyl groups is 1. The SMILES string of the molecule is CC(O)CC1CCCN1C(=O)c1c(-n2cccc2)sc2c1CCC2. The number of thiophene rings is 1. The van der Waals surface area contributed by atoms with Crippen LogP contribution < -0.4 is 0 Å². The molecule has 0 aromatic carbocycles. The minimum Gasteiger partial charge on any atom is -0.393 e. The third-order valence-electron chi connectivity index (χ3n) is 5.21. The third-order valence-corrected chi connectivity index (χ3v) is 6.51. The summed E-state index contributed by atoms with van der Waals surface area (Å²) in [6.45, 7) is 2.63. The second-order valence-electron chi connectivity index (χ2n) is 7.01. The molecule has 1 aliphatic heterocycles. The fraction of sp³-hybridized carbons (Fsp3) is 0.526. The highest BCUT2D eigenvalue weighted by molar-refractivity contribution is 7.15. The molecule has 1 amide bonds. The molecule has 1 saturated heterocycles. The van der Waals surface area contributed by atoms with Crippen molar-refractivity contribution in [3.8, 4) is 5.00 Å². The van der Waals surface area contributed by atoms with Crippen LogP contribution in [0.25, 0.3) is 5.00 Å². The van der Waals surface area contributed by atoms with Gasteiger partial charge in [-0.2, -0.15) is 0 Å². The first-order chi connectivity index (χ1) is 11.6. The first-order valence-electron chi connectivity index (χ1n) is 8.92. The summed E-state index contributed by atoms with van der Waals surface area (Å²) in [5, 5.41) is 10.8. The number of amides is 1. The molecule has 2 aromatic rings. The van der Waals surface area contributed by atoms with Gasteiger partial charge in [-0.05, 0) is 63.1 Å². The molecule has 5 heteroatoms. The second-order valence-corrected chi connectivity index (χ2v) is 8.09.